The molecule has 1 N–H and O–H groups in total. The van der Waals surface area contributed by atoms with Gasteiger partial charge in [-0.1, -0.05) is 49.7 Å². The number of aromatic nitrogens is 2. The minimum absolute atomic E-state index is 0.0377. The van der Waals surface area contributed by atoms with Crippen molar-refractivity contribution in [3.8, 4) is 0 Å². The zero-order valence-electron chi connectivity index (χ0n) is 16.1. The van der Waals surface area contributed by atoms with Crippen LogP contribution in [-0.4, -0.2) is 22.0 Å². The molecule has 3 aromatic rings. The molecule has 1 heterocycles. The molecule has 146 valence electrons. The summed E-state index contributed by atoms with van der Waals surface area (Å²) in [6, 6.07) is 15.0. The third-order valence-electron chi connectivity index (χ3n) is 4.93. The number of amides is 1. The Balaban J connectivity index is 1.60. The van der Waals surface area contributed by atoms with Gasteiger partial charge in [-0.2, -0.15) is 0 Å². The number of halogens is 1. The SMILES string of the molecule is CC(C)[C@H](CCNC(=O)Cn1cnc2ccccc2c1=O)c1ccc(Cl)cc1. The summed E-state index contributed by atoms with van der Waals surface area (Å²) in [6.07, 6.45) is 2.24. The van der Waals surface area contributed by atoms with Gasteiger partial charge in [-0.05, 0) is 48.1 Å². The topological polar surface area (TPSA) is 64.0 Å². The lowest BCUT2D eigenvalue weighted by atomic mass is 9.86. The van der Waals surface area contributed by atoms with Crippen LogP contribution in [0.5, 0.6) is 0 Å². The normalized spacial score (nSPS) is 12.3. The number of hydrogen-bond donors (Lipinski definition) is 1. The maximum Gasteiger partial charge on any atom is 0.261 e. The molecule has 1 atom stereocenters. The predicted molar refractivity (Wildman–Crippen MR) is 113 cm³/mol. The van der Waals surface area contributed by atoms with E-state index in [1.54, 1.807) is 18.2 Å². The zero-order valence-corrected chi connectivity index (χ0v) is 16.8. The number of para-hydroxylation sites is 1. The molecule has 28 heavy (non-hydrogen) atoms. The summed E-state index contributed by atoms with van der Waals surface area (Å²) in [5.74, 6) is 0.561. The molecule has 0 radical (unpaired) electrons. The average Bonchev–Trinajstić information content (AvgIpc) is 2.68. The predicted octanol–water partition coefficient (Wildman–Crippen LogP) is 4.00. The first-order chi connectivity index (χ1) is 13.5. The average molecular weight is 398 g/mol. The second kappa shape index (κ2) is 9.02. The molecule has 0 saturated heterocycles. The van der Waals surface area contributed by atoms with E-state index in [1.165, 1.54) is 16.5 Å². The van der Waals surface area contributed by atoms with Crippen molar-refractivity contribution in [3.63, 3.8) is 0 Å². The van der Waals surface area contributed by atoms with Crippen LogP contribution in [0.3, 0.4) is 0 Å². The molecule has 1 aromatic heterocycles. The summed E-state index contributed by atoms with van der Waals surface area (Å²) in [6.45, 7) is 4.84. The molecule has 6 heteroatoms. The van der Waals surface area contributed by atoms with E-state index in [0.717, 1.165) is 6.42 Å². The molecular weight excluding hydrogens is 374 g/mol. The Morgan fingerprint density at radius 3 is 2.57 bits per heavy atom. The fraction of sp³-hybridized carbons (Fsp3) is 0.318. The molecule has 3 rings (SSSR count). The monoisotopic (exact) mass is 397 g/mol. The van der Waals surface area contributed by atoms with Crippen molar-refractivity contribution < 1.29 is 4.79 Å². The van der Waals surface area contributed by atoms with E-state index >= 15 is 0 Å². The maximum atomic E-state index is 12.5. The van der Waals surface area contributed by atoms with Gasteiger partial charge in [-0.15, -0.1) is 0 Å². The lowest BCUT2D eigenvalue weighted by molar-refractivity contribution is -0.121. The molecule has 0 aliphatic rings. The zero-order chi connectivity index (χ0) is 20.1. The number of nitrogens with one attached hydrogen (secondary N) is 1. The van der Waals surface area contributed by atoms with E-state index in [0.29, 0.717) is 34.3 Å². The summed E-state index contributed by atoms with van der Waals surface area (Å²) < 4.78 is 1.34. The van der Waals surface area contributed by atoms with E-state index < -0.39 is 0 Å². The maximum absolute atomic E-state index is 12.5. The van der Waals surface area contributed by atoms with Gasteiger partial charge in [0.25, 0.3) is 5.56 Å². The molecule has 0 spiro atoms. The van der Waals surface area contributed by atoms with E-state index in [1.807, 2.05) is 30.3 Å². The standard InChI is InChI=1S/C22H24ClN3O2/c1-15(2)18(16-7-9-17(23)10-8-16)11-12-24-21(27)13-26-14-25-20-6-4-3-5-19(20)22(26)28/h3-10,14-15,18H,11-13H2,1-2H3,(H,24,27)/t18-/m0/s1. The highest BCUT2D eigenvalue weighted by Crippen LogP contribution is 2.28. The lowest BCUT2D eigenvalue weighted by Gasteiger charge is -2.21. The van der Waals surface area contributed by atoms with Gasteiger partial charge in [0.15, 0.2) is 0 Å². The van der Waals surface area contributed by atoms with Crippen molar-refractivity contribution in [1.82, 2.24) is 14.9 Å². The third kappa shape index (κ3) is 4.78. The van der Waals surface area contributed by atoms with Gasteiger partial charge in [0, 0.05) is 11.6 Å². The number of carbonyl (C=O) groups is 1. The Labute approximate surface area is 169 Å². The van der Waals surface area contributed by atoms with Gasteiger partial charge in [-0.3, -0.25) is 14.2 Å². The Morgan fingerprint density at radius 1 is 1.14 bits per heavy atom. The Bertz CT molecular complexity index is 1010. The number of nitrogens with zero attached hydrogens (tertiary/aromatic N) is 2. The molecule has 0 unspecified atom stereocenters. The van der Waals surface area contributed by atoms with Crippen molar-refractivity contribution in [2.45, 2.75) is 32.7 Å². The second-order valence-corrected chi connectivity index (χ2v) is 7.67. The van der Waals surface area contributed by atoms with Crippen LogP contribution in [0, 0.1) is 5.92 Å². The second-order valence-electron chi connectivity index (χ2n) is 7.24. The van der Waals surface area contributed by atoms with Crippen LogP contribution in [-0.2, 0) is 11.3 Å². The number of carbonyl (C=O) groups excluding carboxylic acids is 1. The highest BCUT2D eigenvalue weighted by atomic mass is 35.5. The molecule has 0 fully saturated rings. The minimum atomic E-state index is -0.207. The van der Waals surface area contributed by atoms with Crippen molar-refractivity contribution in [2.24, 2.45) is 5.92 Å². The molecule has 0 bridgehead atoms. The fourth-order valence-corrected chi connectivity index (χ4v) is 3.52. The Hall–Kier alpha value is -2.66. The van der Waals surface area contributed by atoms with Gasteiger partial charge in [0.1, 0.15) is 6.54 Å². The highest BCUT2D eigenvalue weighted by Gasteiger charge is 2.16. The summed E-state index contributed by atoms with van der Waals surface area (Å²) in [5, 5.41) is 4.15. The lowest BCUT2D eigenvalue weighted by Crippen LogP contribution is -2.33. The van der Waals surface area contributed by atoms with Gasteiger partial charge < -0.3 is 5.32 Å². The summed E-state index contributed by atoms with van der Waals surface area (Å²) >= 11 is 5.98. The van der Waals surface area contributed by atoms with Crippen molar-refractivity contribution in [1.29, 1.82) is 0 Å². The van der Waals surface area contributed by atoms with Gasteiger partial charge in [-0.25, -0.2) is 4.98 Å². The van der Waals surface area contributed by atoms with E-state index in [-0.39, 0.29) is 18.0 Å². The first-order valence-corrected chi connectivity index (χ1v) is 9.80. The van der Waals surface area contributed by atoms with Crippen LogP contribution in [0.4, 0.5) is 0 Å². The number of rotatable bonds is 7. The Morgan fingerprint density at radius 2 is 1.86 bits per heavy atom. The third-order valence-corrected chi connectivity index (χ3v) is 5.18. The fourth-order valence-electron chi connectivity index (χ4n) is 3.39. The van der Waals surface area contributed by atoms with Crippen LogP contribution >= 0.6 is 11.6 Å². The first-order valence-electron chi connectivity index (χ1n) is 9.42. The van der Waals surface area contributed by atoms with Gasteiger partial charge in [0.2, 0.25) is 5.91 Å². The van der Waals surface area contributed by atoms with Crippen LogP contribution in [0.15, 0.2) is 59.7 Å². The largest absolute Gasteiger partial charge is 0.355 e. The number of fused-ring (bicyclic) bond motifs is 1. The quantitative estimate of drug-likeness (QED) is 0.655. The molecule has 2 aromatic carbocycles. The van der Waals surface area contributed by atoms with Crippen molar-refractivity contribution >= 4 is 28.4 Å². The van der Waals surface area contributed by atoms with Crippen LogP contribution < -0.4 is 10.9 Å². The molecular formula is C22H24ClN3O2. The van der Waals surface area contributed by atoms with Gasteiger partial charge in [0.05, 0.1) is 17.2 Å². The first kappa shape index (κ1) is 20.1. The summed E-state index contributed by atoms with van der Waals surface area (Å²) in [5.41, 5.74) is 1.64. The van der Waals surface area contributed by atoms with Crippen LogP contribution in [0.1, 0.15) is 31.7 Å². The number of hydrogen-bond acceptors (Lipinski definition) is 3. The van der Waals surface area contributed by atoms with Crippen molar-refractivity contribution in [3.05, 3.63) is 75.8 Å². The molecule has 1 amide bonds. The van der Waals surface area contributed by atoms with E-state index in [4.69, 9.17) is 11.6 Å². The van der Waals surface area contributed by atoms with Crippen molar-refractivity contribution in [2.75, 3.05) is 6.54 Å². The molecule has 0 aliphatic carbocycles. The van der Waals surface area contributed by atoms with E-state index in [9.17, 15) is 9.59 Å². The smallest absolute Gasteiger partial charge is 0.261 e. The Kier molecular flexibility index (Phi) is 6.47. The minimum Gasteiger partial charge on any atom is -0.355 e. The van der Waals surface area contributed by atoms with Gasteiger partial charge >= 0.3 is 0 Å². The number of benzene rings is 2. The van der Waals surface area contributed by atoms with E-state index in [2.05, 4.69) is 24.1 Å². The van der Waals surface area contributed by atoms with Crippen LogP contribution in [0.25, 0.3) is 10.9 Å². The molecule has 0 saturated carbocycles. The summed E-state index contributed by atoms with van der Waals surface area (Å²) in [4.78, 5) is 29.0. The van der Waals surface area contributed by atoms with Crippen LogP contribution in [0.2, 0.25) is 5.02 Å². The molecule has 0 aliphatic heterocycles. The molecule has 5 nitrogen and oxygen atoms in total. The highest BCUT2D eigenvalue weighted by molar-refractivity contribution is 6.30. The summed E-state index contributed by atoms with van der Waals surface area (Å²) in [7, 11) is 0.